The van der Waals surface area contributed by atoms with Gasteiger partial charge in [0.05, 0.1) is 12.0 Å². The van der Waals surface area contributed by atoms with Crippen LogP contribution in [0.2, 0.25) is 0 Å². The van der Waals surface area contributed by atoms with Gasteiger partial charge >= 0.3 is 0 Å². The lowest BCUT2D eigenvalue weighted by Gasteiger charge is -2.35. The number of nitrogens with one attached hydrogen (secondary N) is 1. The second kappa shape index (κ2) is 7.06. The van der Waals surface area contributed by atoms with E-state index in [0.29, 0.717) is 12.5 Å². The Morgan fingerprint density at radius 1 is 1.08 bits per heavy atom. The van der Waals surface area contributed by atoms with Crippen molar-refractivity contribution in [1.82, 2.24) is 24.8 Å². The van der Waals surface area contributed by atoms with Crippen LogP contribution < -0.4 is 9.64 Å². The van der Waals surface area contributed by atoms with E-state index in [0.717, 1.165) is 49.6 Å². The molecule has 130 valence electrons. The summed E-state index contributed by atoms with van der Waals surface area (Å²) < 4.78 is 5.40. The second-order valence-electron chi connectivity index (χ2n) is 6.14. The minimum absolute atomic E-state index is 0.645. The van der Waals surface area contributed by atoms with Gasteiger partial charge in [-0.05, 0) is 18.6 Å². The summed E-state index contributed by atoms with van der Waals surface area (Å²) in [5.74, 6) is 1.71. The van der Waals surface area contributed by atoms with Crippen LogP contribution in [0.4, 0.5) is 5.82 Å². The van der Waals surface area contributed by atoms with Crippen LogP contribution in [0.15, 0.2) is 36.9 Å². The number of piperazine rings is 1. The van der Waals surface area contributed by atoms with Gasteiger partial charge in [-0.15, -0.1) is 0 Å². The van der Waals surface area contributed by atoms with Crippen molar-refractivity contribution in [2.75, 3.05) is 37.7 Å². The van der Waals surface area contributed by atoms with Gasteiger partial charge in [0.15, 0.2) is 0 Å². The van der Waals surface area contributed by atoms with Gasteiger partial charge in [0.1, 0.15) is 17.8 Å². The van der Waals surface area contributed by atoms with Gasteiger partial charge in [0.2, 0.25) is 5.88 Å². The number of ether oxygens (including phenoxy) is 1. The third kappa shape index (κ3) is 3.41. The first-order valence-electron chi connectivity index (χ1n) is 8.66. The number of anilines is 1. The zero-order valence-corrected chi connectivity index (χ0v) is 14.4. The van der Waals surface area contributed by atoms with Crippen LogP contribution in [0.25, 0.3) is 11.0 Å². The van der Waals surface area contributed by atoms with Crippen molar-refractivity contribution in [3.8, 4) is 5.88 Å². The molecule has 3 aromatic heterocycles. The van der Waals surface area contributed by atoms with Crippen LogP contribution in [0.5, 0.6) is 5.88 Å². The highest BCUT2D eigenvalue weighted by Crippen LogP contribution is 2.23. The Labute approximate surface area is 146 Å². The molecule has 4 heterocycles. The van der Waals surface area contributed by atoms with E-state index in [2.05, 4.69) is 35.8 Å². The first-order chi connectivity index (χ1) is 12.3. The molecule has 0 bridgehead atoms. The summed E-state index contributed by atoms with van der Waals surface area (Å²) in [5, 5.41) is 1.09. The van der Waals surface area contributed by atoms with Crippen molar-refractivity contribution in [1.29, 1.82) is 0 Å². The third-order valence-electron chi connectivity index (χ3n) is 4.50. The van der Waals surface area contributed by atoms with E-state index < -0.39 is 0 Å². The Kier molecular flexibility index (Phi) is 4.47. The molecule has 0 unspecified atom stereocenters. The van der Waals surface area contributed by atoms with Crippen LogP contribution in [0.3, 0.4) is 0 Å². The van der Waals surface area contributed by atoms with E-state index in [1.54, 1.807) is 6.33 Å². The van der Waals surface area contributed by atoms with Crippen molar-refractivity contribution in [2.24, 2.45) is 0 Å². The molecule has 0 atom stereocenters. The summed E-state index contributed by atoms with van der Waals surface area (Å²) >= 11 is 0. The van der Waals surface area contributed by atoms with E-state index in [9.17, 15) is 0 Å². The minimum Gasteiger partial charge on any atom is -0.478 e. The average molecular weight is 338 g/mol. The van der Waals surface area contributed by atoms with E-state index >= 15 is 0 Å². The zero-order chi connectivity index (χ0) is 17.1. The molecule has 1 N–H and O–H groups in total. The number of pyridine rings is 1. The van der Waals surface area contributed by atoms with E-state index in [-0.39, 0.29) is 0 Å². The highest BCUT2D eigenvalue weighted by Gasteiger charge is 2.20. The highest BCUT2D eigenvalue weighted by atomic mass is 16.5. The Balaban J connectivity index is 1.37. The monoisotopic (exact) mass is 338 g/mol. The molecular weight excluding hydrogens is 316 g/mol. The van der Waals surface area contributed by atoms with Crippen LogP contribution >= 0.6 is 0 Å². The van der Waals surface area contributed by atoms with Crippen molar-refractivity contribution < 1.29 is 4.74 Å². The Morgan fingerprint density at radius 2 is 1.96 bits per heavy atom. The molecule has 1 saturated heterocycles. The summed E-state index contributed by atoms with van der Waals surface area (Å²) in [5.41, 5.74) is 2.11. The van der Waals surface area contributed by atoms with Crippen LogP contribution in [-0.2, 0) is 6.54 Å². The number of aromatic amines is 1. The SMILES string of the molecule is CCOc1ccc(CN2CCN(c3ncnc4[nH]ccc34)CC2)cn1. The molecule has 0 aromatic carbocycles. The molecule has 1 aliphatic rings. The largest absolute Gasteiger partial charge is 0.478 e. The first-order valence-corrected chi connectivity index (χ1v) is 8.66. The van der Waals surface area contributed by atoms with Crippen molar-refractivity contribution in [3.63, 3.8) is 0 Å². The summed E-state index contributed by atoms with van der Waals surface area (Å²) in [4.78, 5) is 21.0. The fourth-order valence-corrected chi connectivity index (χ4v) is 3.22. The number of H-pyrrole nitrogens is 1. The quantitative estimate of drug-likeness (QED) is 0.768. The van der Waals surface area contributed by atoms with Gasteiger partial charge in [-0.1, -0.05) is 6.07 Å². The maximum absolute atomic E-state index is 5.40. The number of aromatic nitrogens is 4. The van der Waals surface area contributed by atoms with E-state index in [1.165, 1.54) is 5.56 Å². The Hall–Kier alpha value is -2.67. The first kappa shape index (κ1) is 15.8. The number of fused-ring (bicyclic) bond motifs is 1. The molecule has 4 rings (SSSR count). The fraction of sp³-hybridized carbons (Fsp3) is 0.389. The van der Waals surface area contributed by atoms with Gasteiger partial charge in [0, 0.05) is 51.2 Å². The molecule has 7 nitrogen and oxygen atoms in total. The van der Waals surface area contributed by atoms with Crippen LogP contribution in [0, 0.1) is 0 Å². The van der Waals surface area contributed by atoms with Crippen LogP contribution in [0.1, 0.15) is 12.5 Å². The molecule has 7 heteroatoms. The summed E-state index contributed by atoms with van der Waals surface area (Å²) in [6.45, 7) is 7.45. The number of hydrogen-bond donors (Lipinski definition) is 1. The normalized spacial score (nSPS) is 15.6. The number of nitrogens with zero attached hydrogens (tertiary/aromatic N) is 5. The predicted octanol–water partition coefficient (Wildman–Crippen LogP) is 2.07. The Morgan fingerprint density at radius 3 is 2.72 bits per heavy atom. The topological polar surface area (TPSA) is 70.2 Å². The molecular formula is C18H22N6O. The number of rotatable bonds is 5. The van der Waals surface area contributed by atoms with Gasteiger partial charge in [-0.2, -0.15) is 0 Å². The molecule has 0 saturated carbocycles. The van der Waals surface area contributed by atoms with E-state index in [1.807, 2.05) is 31.5 Å². The average Bonchev–Trinajstić information content (AvgIpc) is 3.13. The van der Waals surface area contributed by atoms with Gasteiger partial charge in [-0.3, -0.25) is 4.90 Å². The highest BCUT2D eigenvalue weighted by molar-refractivity contribution is 5.87. The van der Waals surface area contributed by atoms with E-state index in [4.69, 9.17) is 4.74 Å². The van der Waals surface area contributed by atoms with Gasteiger partial charge < -0.3 is 14.6 Å². The molecule has 3 aromatic rings. The van der Waals surface area contributed by atoms with Crippen LogP contribution in [-0.4, -0.2) is 57.6 Å². The van der Waals surface area contributed by atoms with Crippen molar-refractivity contribution >= 4 is 16.9 Å². The molecule has 1 aliphatic heterocycles. The lowest BCUT2D eigenvalue weighted by Crippen LogP contribution is -2.46. The fourth-order valence-electron chi connectivity index (χ4n) is 3.22. The third-order valence-corrected chi connectivity index (χ3v) is 4.50. The lowest BCUT2D eigenvalue weighted by atomic mass is 10.2. The minimum atomic E-state index is 0.645. The zero-order valence-electron chi connectivity index (χ0n) is 14.4. The second-order valence-corrected chi connectivity index (χ2v) is 6.14. The van der Waals surface area contributed by atoms with Gasteiger partial charge in [-0.25, -0.2) is 15.0 Å². The molecule has 0 aliphatic carbocycles. The lowest BCUT2D eigenvalue weighted by molar-refractivity contribution is 0.249. The molecule has 0 radical (unpaired) electrons. The Bertz CT molecular complexity index is 823. The maximum atomic E-state index is 5.40. The molecule has 0 spiro atoms. The standard InChI is InChI=1S/C18H22N6O/c1-2-25-16-4-3-14(11-20-16)12-23-7-9-24(10-8-23)18-15-5-6-19-17(15)21-13-22-18/h3-6,11,13H,2,7-10,12H2,1H3,(H,19,21,22). The molecule has 0 amide bonds. The maximum Gasteiger partial charge on any atom is 0.213 e. The smallest absolute Gasteiger partial charge is 0.213 e. The summed E-state index contributed by atoms with van der Waals surface area (Å²) in [6, 6.07) is 6.08. The molecule has 1 fully saturated rings. The van der Waals surface area contributed by atoms with Crippen molar-refractivity contribution in [2.45, 2.75) is 13.5 Å². The van der Waals surface area contributed by atoms with Crippen molar-refractivity contribution in [3.05, 3.63) is 42.5 Å². The predicted molar refractivity (Wildman–Crippen MR) is 96.8 cm³/mol. The number of hydrogen-bond acceptors (Lipinski definition) is 6. The van der Waals surface area contributed by atoms with Gasteiger partial charge in [0.25, 0.3) is 0 Å². The summed E-state index contributed by atoms with van der Waals surface area (Å²) in [7, 11) is 0. The summed E-state index contributed by atoms with van der Waals surface area (Å²) in [6.07, 6.45) is 5.45. The molecule has 25 heavy (non-hydrogen) atoms.